The Balaban J connectivity index is 1.89. The highest BCUT2D eigenvalue weighted by Crippen LogP contribution is 2.24. The predicted octanol–water partition coefficient (Wildman–Crippen LogP) is 5.31. The van der Waals surface area contributed by atoms with Crippen LogP contribution >= 0.6 is 0 Å². The molecule has 0 radical (unpaired) electrons. The van der Waals surface area contributed by atoms with Crippen molar-refractivity contribution < 1.29 is 29.6 Å². The van der Waals surface area contributed by atoms with Gasteiger partial charge in [0, 0.05) is 0 Å². The number of hydrogen-bond acceptors (Lipinski definition) is 6. The quantitative estimate of drug-likeness (QED) is 0.180. The van der Waals surface area contributed by atoms with E-state index in [1.165, 1.54) is 83.5 Å². The second kappa shape index (κ2) is 17.4. The number of rotatable bonds is 20. The third kappa shape index (κ3) is 11.2. The van der Waals surface area contributed by atoms with Crippen molar-refractivity contribution in [2.24, 2.45) is 0 Å². The van der Waals surface area contributed by atoms with Crippen LogP contribution < -0.4 is 0 Å². The third-order valence-corrected chi connectivity index (χ3v) is 5.70. The number of carbonyl (C=O) groups is 1. The van der Waals surface area contributed by atoms with Crippen molar-refractivity contribution in [3.8, 4) is 0 Å². The van der Waals surface area contributed by atoms with Gasteiger partial charge in [-0.15, -0.1) is 0 Å². The van der Waals surface area contributed by atoms with E-state index in [1.807, 2.05) is 0 Å². The largest absolute Gasteiger partial charge is 0.505 e. The normalized spacial score (nSPS) is 17.4. The monoisotopic (exact) mass is 428 g/mol. The van der Waals surface area contributed by atoms with E-state index in [9.17, 15) is 15.0 Å². The van der Waals surface area contributed by atoms with Crippen LogP contribution in [-0.4, -0.2) is 46.7 Å². The number of aliphatic hydroxyl groups is 3. The van der Waals surface area contributed by atoms with Gasteiger partial charge in [0.25, 0.3) is 0 Å². The summed E-state index contributed by atoms with van der Waals surface area (Å²) in [6.45, 7) is 1.99. The predicted molar refractivity (Wildman–Crippen MR) is 118 cm³/mol. The van der Waals surface area contributed by atoms with Crippen molar-refractivity contribution in [3.63, 3.8) is 0 Å². The number of cyclic esters (lactones) is 1. The Bertz CT molecular complexity index is 476. The average molecular weight is 429 g/mol. The Hall–Kier alpha value is -1.27. The van der Waals surface area contributed by atoms with Crippen LogP contribution in [-0.2, 0) is 14.3 Å². The Kier molecular flexibility index (Phi) is 15.5. The van der Waals surface area contributed by atoms with Gasteiger partial charge in [-0.05, 0) is 6.42 Å². The molecule has 0 spiro atoms. The second-order valence-corrected chi connectivity index (χ2v) is 8.44. The van der Waals surface area contributed by atoms with Crippen LogP contribution in [0.2, 0.25) is 0 Å². The molecular weight excluding hydrogens is 384 g/mol. The molecular formula is C24H44O6. The minimum atomic E-state index is -1.34. The van der Waals surface area contributed by atoms with Crippen molar-refractivity contribution in [1.29, 1.82) is 0 Å². The van der Waals surface area contributed by atoms with Crippen LogP contribution in [0.5, 0.6) is 0 Å². The zero-order chi connectivity index (χ0) is 22.0. The van der Waals surface area contributed by atoms with E-state index in [-0.39, 0.29) is 5.76 Å². The maximum absolute atomic E-state index is 11.7. The lowest BCUT2D eigenvalue weighted by Gasteiger charge is -2.13. The first-order valence-electron chi connectivity index (χ1n) is 12.2. The fourth-order valence-electron chi connectivity index (χ4n) is 3.77. The van der Waals surface area contributed by atoms with E-state index in [0.29, 0.717) is 6.61 Å². The second-order valence-electron chi connectivity index (χ2n) is 8.44. The lowest BCUT2D eigenvalue weighted by Crippen LogP contribution is -2.31. The minimum Gasteiger partial charge on any atom is -0.505 e. The minimum absolute atomic E-state index is 0.242. The molecule has 0 aliphatic carbocycles. The summed E-state index contributed by atoms with van der Waals surface area (Å²) in [5.41, 5.74) is 0. The molecule has 1 rings (SSSR count). The van der Waals surface area contributed by atoms with Crippen molar-refractivity contribution in [3.05, 3.63) is 11.5 Å². The molecule has 0 aromatic rings. The number of carbonyl (C=O) groups excluding carboxylic acids is 1. The summed E-state index contributed by atoms with van der Waals surface area (Å²) in [4.78, 5) is 11.7. The molecule has 1 unspecified atom stereocenters. The van der Waals surface area contributed by atoms with Crippen LogP contribution in [0, 0.1) is 0 Å². The lowest BCUT2D eigenvalue weighted by molar-refractivity contribution is -0.148. The molecule has 1 aliphatic heterocycles. The molecule has 1 aliphatic rings. The molecule has 3 N–H and O–H groups in total. The van der Waals surface area contributed by atoms with Crippen molar-refractivity contribution in [2.75, 3.05) is 13.2 Å². The standard InChI is InChI=1S/C24H44O6/c1-2-3-4-5-6-7-8-9-10-11-12-13-14-15-16-17-18-29-23-21(27)22(20(26)19-25)30-24(23)28/h20,22,25-27H,2-19H2,1H3/t20?,22-/m1/s1. The number of unbranched alkanes of at least 4 members (excludes halogenated alkanes) is 15. The molecule has 6 nitrogen and oxygen atoms in total. The smallest absolute Gasteiger partial charge is 0.378 e. The van der Waals surface area contributed by atoms with Gasteiger partial charge in [0.15, 0.2) is 11.9 Å². The summed E-state index contributed by atoms with van der Waals surface area (Å²) in [5.74, 6) is -1.46. The number of hydrogen-bond donors (Lipinski definition) is 3. The summed E-state index contributed by atoms with van der Waals surface area (Å²) >= 11 is 0. The molecule has 0 saturated heterocycles. The first-order chi connectivity index (χ1) is 14.6. The Morgan fingerprint density at radius 2 is 1.27 bits per heavy atom. The first-order valence-corrected chi connectivity index (χ1v) is 12.2. The van der Waals surface area contributed by atoms with E-state index >= 15 is 0 Å². The van der Waals surface area contributed by atoms with Crippen molar-refractivity contribution >= 4 is 5.97 Å². The van der Waals surface area contributed by atoms with Gasteiger partial charge in [0.05, 0.1) is 13.2 Å². The summed E-state index contributed by atoms with van der Waals surface area (Å²) in [5, 5.41) is 28.3. The number of ether oxygens (including phenoxy) is 2. The topological polar surface area (TPSA) is 96.2 Å². The maximum atomic E-state index is 11.7. The van der Waals surface area contributed by atoms with E-state index < -0.39 is 30.5 Å². The van der Waals surface area contributed by atoms with Crippen LogP contribution in [0.1, 0.15) is 110 Å². The first kappa shape index (κ1) is 26.8. The summed E-state index contributed by atoms with van der Waals surface area (Å²) < 4.78 is 10.2. The fourth-order valence-corrected chi connectivity index (χ4v) is 3.77. The molecule has 0 saturated carbocycles. The van der Waals surface area contributed by atoms with Crippen molar-refractivity contribution in [2.45, 2.75) is 122 Å². The Morgan fingerprint density at radius 1 is 0.833 bits per heavy atom. The zero-order valence-corrected chi connectivity index (χ0v) is 18.9. The number of esters is 1. The van der Waals surface area contributed by atoms with Gasteiger partial charge >= 0.3 is 5.97 Å². The maximum Gasteiger partial charge on any atom is 0.378 e. The van der Waals surface area contributed by atoms with E-state index in [0.717, 1.165) is 19.3 Å². The SMILES string of the molecule is CCCCCCCCCCCCCCCCCCOC1=C(O)[C@@H](C(O)CO)OC1=O. The van der Waals surface area contributed by atoms with Crippen LogP contribution in [0.25, 0.3) is 0 Å². The summed E-state index contributed by atoms with van der Waals surface area (Å²) in [7, 11) is 0. The van der Waals surface area contributed by atoms with Gasteiger partial charge in [-0.2, -0.15) is 0 Å². The third-order valence-electron chi connectivity index (χ3n) is 5.70. The molecule has 6 heteroatoms. The molecule has 0 aromatic heterocycles. The number of aliphatic hydroxyl groups excluding tert-OH is 3. The van der Waals surface area contributed by atoms with Crippen LogP contribution in [0.15, 0.2) is 11.5 Å². The molecule has 0 bridgehead atoms. The Morgan fingerprint density at radius 3 is 1.70 bits per heavy atom. The molecule has 30 heavy (non-hydrogen) atoms. The van der Waals surface area contributed by atoms with Gasteiger partial charge in [-0.3, -0.25) is 0 Å². The van der Waals surface area contributed by atoms with Crippen LogP contribution in [0.4, 0.5) is 0 Å². The van der Waals surface area contributed by atoms with E-state index in [1.54, 1.807) is 0 Å². The highest BCUT2D eigenvalue weighted by molar-refractivity contribution is 5.89. The van der Waals surface area contributed by atoms with Gasteiger partial charge in [0.2, 0.25) is 5.76 Å². The molecule has 1 heterocycles. The fraction of sp³-hybridized carbons (Fsp3) is 0.875. The highest BCUT2D eigenvalue weighted by Gasteiger charge is 2.40. The highest BCUT2D eigenvalue weighted by atomic mass is 16.6. The summed E-state index contributed by atoms with van der Waals surface area (Å²) in [6, 6.07) is 0. The van der Waals surface area contributed by atoms with Gasteiger partial charge in [0.1, 0.15) is 6.10 Å². The van der Waals surface area contributed by atoms with Gasteiger partial charge in [-0.1, -0.05) is 103 Å². The van der Waals surface area contributed by atoms with Gasteiger partial charge in [-0.25, -0.2) is 4.79 Å². The molecule has 2 atom stereocenters. The molecule has 0 amide bonds. The summed E-state index contributed by atoms with van der Waals surface area (Å²) in [6.07, 6.45) is 18.0. The average Bonchev–Trinajstić information content (AvgIpc) is 3.03. The van der Waals surface area contributed by atoms with E-state index in [2.05, 4.69) is 6.92 Å². The van der Waals surface area contributed by atoms with E-state index in [4.69, 9.17) is 14.6 Å². The van der Waals surface area contributed by atoms with Crippen molar-refractivity contribution in [1.82, 2.24) is 0 Å². The lowest BCUT2D eigenvalue weighted by atomic mass is 10.0. The zero-order valence-electron chi connectivity index (χ0n) is 18.9. The molecule has 0 fully saturated rings. The Labute approximate surface area is 182 Å². The van der Waals surface area contributed by atoms with Gasteiger partial charge < -0.3 is 24.8 Å². The molecule has 176 valence electrons. The molecule has 0 aromatic carbocycles. The van der Waals surface area contributed by atoms with Crippen LogP contribution in [0.3, 0.4) is 0 Å².